The molecule has 0 aliphatic carbocycles. The van der Waals surface area contributed by atoms with Crippen molar-refractivity contribution < 1.29 is 9.59 Å². The fraction of sp³-hybridized carbons (Fsp3) is 0.158. The Morgan fingerprint density at radius 2 is 1.30 bits per heavy atom. The SMILES string of the molecule is CN(C(=O)c1ccc(NC(=O)c2ccccc2-c2ccccc2)cc1)c1ccccc1N1CCN(Cc2ccccc2)CC1. The summed E-state index contributed by atoms with van der Waals surface area (Å²) in [6, 6.07) is 43.2. The summed E-state index contributed by atoms with van der Waals surface area (Å²) in [5, 5.41) is 2.99. The van der Waals surface area contributed by atoms with Crippen LogP contribution >= 0.6 is 0 Å². The Kier molecular flexibility index (Phi) is 8.80. The van der Waals surface area contributed by atoms with E-state index >= 15 is 0 Å². The van der Waals surface area contributed by atoms with Crippen molar-refractivity contribution in [1.82, 2.24) is 4.90 Å². The maximum Gasteiger partial charge on any atom is 0.258 e. The van der Waals surface area contributed by atoms with Crippen LogP contribution in [-0.4, -0.2) is 49.9 Å². The second-order valence-electron chi connectivity index (χ2n) is 11.0. The average molecular weight is 581 g/mol. The van der Waals surface area contributed by atoms with Crippen LogP contribution in [0.15, 0.2) is 133 Å². The molecule has 220 valence electrons. The number of para-hydroxylation sites is 2. The summed E-state index contributed by atoms with van der Waals surface area (Å²) < 4.78 is 0. The van der Waals surface area contributed by atoms with E-state index in [4.69, 9.17) is 0 Å². The first kappa shape index (κ1) is 28.9. The molecule has 1 aliphatic rings. The molecule has 0 saturated carbocycles. The predicted octanol–water partition coefficient (Wildman–Crippen LogP) is 7.20. The number of nitrogens with zero attached hydrogens (tertiary/aromatic N) is 3. The molecule has 1 saturated heterocycles. The first-order valence-electron chi connectivity index (χ1n) is 15.0. The highest BCUT2D eigenvalue weighted by Gasteiger charge is 2.23. The zero-order chi connectivity index (χ0) is 30.3. The molecule has 1 heterocycles. The van der Waals surface area contributed by atoms with Crippen LogP contribution in [0.3, 0.4) is 0 Å². The molecule has 6 rings (SSSR count). The van der Waals surface area contributed by atoms with E-state index in [1.165, 1.54) is 5.56 Å². The largest absolute Gasteiger partial charge is 0.367 e. The molecule has 0 bridgehead atoms. The quantitative estimate of drug-likeness (QED) is 0.211. The van der Waals surface area contributed by atoms with E-state index in [9.17, 15) is 9.59 Å². The Hall–Kier alpha value is -5.20. The highest BCUT2D eigenvalue weighted by Crippen LogP contribution is 2.31. The summed E-state index contributed by atoms with van der Waals surface area (Å²) in [6.07, 6.45) is 0. The van der Waals surface area contributed by atoms with Crippen molar-refractivity contribution in [2.24, 2.45) is 0 Å². The van der Waals surface area contributed by atoms with Gasteiger partial charge in [-0.2, -0.15) is 0 Å². The fourth-order valence-corrected chi connectivity index (χ4v) is 5.75. The van der Waals surface area contributed by atoms with Crippen LogP contribution in [0.2, 0.25) is 0 Å². The van der Waals surface area contributed by atoms with Gasteiger partial charge in [-0.25, -0.2) is 0 Å². The zero-order valence-electron chi connectivity index (χ0n) is 24.9. The van der Waals surface area contributed by atoms with E-state index < -0.39 is 0 Å². The monoisotopic (exact) mass is 580 g/mol. The summed E-state index contributed by atoms with van der Waals surface area (Å²) in [5.41, 5.74) is 6.90. The third-order valence-electron chi connectivity index (χ3n) is 8.16. The highest BCUT2D eigenvalue weighted by molar-refractivity contribution is 6.10. The standard InChI is InChI=1S/C38H36N4O2/c1-40(35-18-10-11-19-36(35)42-26-24-41(25-27-42)28-29-12-4-2-5-13-29)38(44)31-20-22-32(23-21-31)39-37(43)34-17-9-8-16-33(34)30-14-6-3-7-15-30/h2-23H,24-28H2,1H3,(H,39,43). The number of anilines is 3. The second kappa shape index (κ2) is 13.4. The van der Waals surface area contributed by atoms with Crippen molar-refractivity contribution in [3.05, 3.63) is 150 Å². The topological polar surface area (TPSA) is 55.9 Å². The number of carbonyl (C=O) groups excluding carboxylic acids is 2. The van der Waals surface area contributed by atoms with Gasteiger partial charge >= 0.3 is 0 Å². The molecule has 6 nitrogen and oxygen atoms in total. The number of hydrogen-bond acceptors (Lipinski definition) is 4. The summed E-state index contributed by atoms with van der Waals surface area (Å²) >= 11 is 0. The molecule has 1 fully saturated rings. The lowest BCUT2D eigenvalue weighted by atomic mass is 9.99. The minimum atomic E-state index is -0.196. The second-order valence-corrected chi connectivity index (χ2v) is 11.0. The molecule has 5 aromatic carbocycles. The van der Waals surface area contributed by atoms with E-state index in [0.29, 0.717) is 16.8 Å². The average Bonchev–Trinajstić information content (AvgIpc) is 3.09. The Morgan fingerprint density at radius 1 is 0.682 bits per heavy atom. The fourth-order valence-electron chi connectivity index (χ4n) is 5.75. The lowest BCUT2D eigenvalue weighted by molar-refractivity contribution is 0.0991. The smallest absolute Gasteiger partial charge is 0.258 e. The molecule has 1 N–H and O–H groups in total. The van der Waals surface area contributed by atoms with Crippen molar-refractivity contribution in [2.75, 3.05) is 48.3 Å². The van der Waals surface area contributed by atoms with Crippen LogP contribution in [0.4, 0.5) is 17.1 Å². The first-order chi connectivity index (χ1) is 21.6. The molecule has 5 aromatic rings. The lowest BCUT2D eigenvalue weighted by Gasteiger charge is -2.37. The number of hydrogen-bond donors (Lipinski definition) is 1. The van der Waals surface area contributed by atoms with Gasteiger partial charge in [-0.05, 0) is 59.2 Å². The van der Waals surface area contributed by atoms with E-state index in [1.54, 1.807) is 29.2 Å². The molecule has 6 heteroatoms. The Morgan fingerprint density at radius 3 is 2.02 bits per heavy atom. The van der Waals surface area contributed by atoms with Crippen LogP contribution < -0.4 is 15.1 Å². The third kappa shape index (κ3) is 6.56. The van der Waals surface area contributed by atoms with Gasteiger partial charge in [0.05, 0.1) is 11.4 Å². The highest BCUT2D eigenvalue weighted by atomic mass is 16.2. The molecular formula is C38H36N4O2. The zero-order valence-corrected chi connectivity index (χ0v) is 24.9. The number of rotatable bonds is 8. The number of amides is 2. The molecule has 0 spiro atoms. The van der Waals surface area contributed by atoms with Crippen LogP contribution in [0.5, 0.6) is 0 Å². The summed E-state index contributed by atoms with van der Waals surface area (Å²) in [5.74, 6) is -0.300. The van der Waals surface area contributed by atoms with Crippen LogP contribution in [0.25, 0.3) is 11.1 Å². The van der Waals surface area contributed by atoms with Crippen molar-refractivity contribution in [3.8, 4) is 11.1 Å². The maximum absolute atomic E-state index is 13.6. The minimum Gasteiger partial charge on any atom is -0.367 e. The normalized spacial score (nSPS) is 13.3. The molecular weight excluding hydrogens is 544 g/mol. The van der Waals surface area contributed by atoms with Crippen LogP contribution in [0.1, 0.15) is 26.3 Å². The van der Waals surface area contributed by atoms with Crippen LogP contribution in [-0.2, 0) is 6.54 Å². The minimum absolute atomic E-state index is 0.104. The number of carbonyl (C=O) groups is 2. The lowest BCUT2D eigenvalue weighted by Crippen LogP contribution is -2.46. The van der Waals surface area contributed by atoms with Gasteiger partial charge < -0.3 is 15.1 Å². The van der Waals surface area contributed by atoms with Gasteiger partial charge in [-0.1, -0.05) is 91.0 Å². The van der Waals surface area contributed by atoms with E-state index in [1.807, 2.05) is 79.8 Å². The molecule has 0 unspecified atom stereocenters. The van der Waals surface area contributed by atoms with Crippen molar-refractivity contribution in [1.29, 1.82) is 0 Å². The molecule has 0 aromatic heterocycles. The van der Waals surface area contributed by atoms with Gasteiger partial charge in [-0.3, -0.25) is 14.5 Å². The van der Waals surface area contributed by atoms with Gasteiger partial charge in [0.2, 0.25) is 0 Å². The summed E-state index contributed by atoms with van der Waals surface area (Å²) in [4.78, 5) is 33.4. The Balaban J connectivity index is 1.11. The molecule has 0 radical (unpaired) electrons. The van der Waals surface area contributed by atoms with Gasteiger partial charge in [0.1, 0.15) is 0 Å². The van der Waals surface area contributed by atoms with Gasteiger partial charge in [0.25, 0.3) is 11.8 Å². The predicted molar refractivity (Wildman–Crippen MR) is 179 cm³/mol. The van der Waals surface area contributed by atoms with Crippen molar-refractivity contribution in [3.63, 3.8) is 0 Å². The van der Waals surface area contributed by atoms with Gasteiger partial charge in [0.15, 0.2) is 0 Å². The Labute approximate surface area is 259 Å². The molecule has 44 heavy (non-hydrogen) atoms. The summed E-state index contributed by atoms with van der Waals surface area (Å²) in [7, 11) is 1.82. The molecule has 0 atom stereocenters. The number of piperazine rings is 1. The Bertz CT molecular complexity index is 1710. The van der Waals surface area contributed by atoms with Crippen LogP contribution in [0, 0.1) is 0 Å². The number of nitrogens with one attached hydrogen (secondary N) is 1. The van der Waals surface area contributed by atoms with Gasteiger partial charge in [0, 0.05) is 56.6 Å². The first-order valence-corrected chi connectivity index (χ1v) is 15.0. The van der Waals surface area contributed by atoms with E-state index in [-0.39, 0.29) is 11.8 Å². The third-order valence-corrected chi connectivity index (χ3v) is 8.16. The van der Waals surface area contributed by atoms with Crippen molar-refractivity contribution in [2.45, 2.75) is 6.54 Å². The van der Waals surface area contributed by atoms with E-state index in [2.05, 4.69) is 51.5 Å². The number of benzene rings is 5. The summed E-state index contributed by atoms with van der Waals surface area (Å²) in [6.45, 7) is 4.67. The van der Waals surface area contributed by atoms with Crippen molar-refractivity contribution >= 4 is 28.9 Å². The molecule has 1 aliphatic heterocycles. The van der Waals surface area contributed by atoms with Gasteiger partial charge in [-0.15, -0.1) is 0 Å². The maximum atomic E-state index is 13.6. The molecule has 2 amide bonds. The van der Waals surface area contributed by atoms with E-state index in [0.717, 1.165) is 55.2 Å².